The van der Waals surface area contributed by atoms with Crippen molar-refractivity contribution in [3.8, 4) is 0 Å². The predicted molar refractivity (Wildman–Crippen MR) is 76.5 cm³/mol. The van der Waals surface area contributed by atoms with Gasteiger partial charge in [-0.1, -0.05) is 29.8 Å². The molecule has 2 atom stereocenters. The lowest BCUT2D eigenvalue weighted by Gasteiger charge is -2.29. The van der Waals surface area contributed by atoms with Crippen molar-refractivity contribution in [1.29, 1.82) is 0 Å². The number of aromatic nitrogens is 1. The van der Waals surface area contributed by atoms with Crippen LogP contribution in [0.3, 0.4) is 0 Å². The van der Waals surface area contributed by atoms with Crippen LogP contribution < -0.4 is 5.32 Å². The van der Waals surface area contributed by atoms with E-state index in [0.29, 0.717) is 6.42 Å². The monoisotopic (exact) mass is 286 g/mol. The summed E-state index contributed by atoms with van der Waals surface area (Å²) in [4.78, 5) is 28.2. The van der Waals surface area contributed by atoms with Crippen molar-refractivity contribution in [2.45, 2.75) is 25.2 Å². The SMILES string of the molecule is Cc1cccc(C2C(=O)NC(=O)CC2c2cscn2)c1. The molecule has 2 amide bonds. The van der Waals surface area contributed by atoms with E-state index in [2.05, 4.69) is 10.3 Å². The smallest absolute Gasteiger partial charge is 0.234 e. The Morgan fingerprint density at radius 3 is 2.90 bits per heavy atom. The number of carbonyl (C=O) groups excluding carboxylic acids is 2. The van der Waals surface area contributed by atoms with Crippen molar-refractivity contribution < 1.29 is 9.59 Å². The van der Waals surface area contributed by atoms with E-state index in [1.807, 2.05) is 36.6 Å². The Morgan fingerprint density at radius 2 is 2.20 bits per heavy atom. The number of imide groups is 1. The fraction of sp³-hybridized carbons (Fsp3) is 0.267. The minimum Gasteiger partial charge on any atom is -0.296 e. The second kappa shape index (κ2) is 5.17. The molecular formula is C15H14N2O2S. The Bertz CT molecular complexity index is 652. The van der Waals surface area contributed by atoms with Crippen LogP contribution in [-0.4, -0.2) is 16.8 Å². The normalized spacial score (nSPS) is 22.6. The molecule has 1 aliphatic heterocycles. The van der Waals surface area contributed by atoms with Crippen LogP contribution >= 0.6 is 11.3 Å². The molecule has 1 aliphatic rings. The highest BCUT2D eigenvalue weighted by Gasteiger charge is 2.38. The van der Waals surface area contributed by atoms with Gasteiger partial charge >= 0.3 is 0 Å². The molecule has 3 rings (SSSR count). The Morgan fingerprint density at radius 1 is 1.35 bits per heavy atom. The first-order valence-electron chi connectivity index (χ1n) is 6.43. The molecule has 4 nitrogen and oxygen atoms in total. The van der Waals surface area contributed by atoms with Gasteiger partial charge in [0, 0.05) is 17.7 Å². The van der Waals surface area contributed by atoms with E-state index in [-0.39, 0.29) is 23.7 Å². The largest absolute Gasteiger partial charge is 0.296 e. The molecule has 2 heterocycles. The van der Waals surface area contributed by atoms with Gasteiger partial charge in [0.05, 0.1) is 17.1 Å². The number of hydrogen-bond donors (Lipinski definition) is 1. The highest BCUT2D eigenvalue weighted by molar-refractivity contribution is 7.07. The molecule has 0 saturated carbocycles. The average molecular weight is 286 g/mol. The standard InChI is InChI=1S/C15H14N2O2S/c1-9-3-2-4-10(5-9)14-11(12-7-20-8-16-12)6-13(18)17-15(14)19/h2-5,7-8,11,14H,6H2,1H3,(H,17,18,19). The van der Waals surface area contributed by atoms with E-state index in [9.17, 15) is 9.59 Å². The average Bonchev–Trinajstić information content (AvgIpc) is 2.91. The number of amides is 2. The topological polar surface area (TPSA) is 59.1 Å². The maximum atomic E-state index is 12.3. The van der Waals surface area contributed by atoms with Gasteiger partial charge < -0.3 is 0 Å². The molecule has 2 aromatic rings. The van der Waals surface area contributed by atoms with Gasteiger partial charge in [-0.05, 0) is 12.5 Å². The van der Waals surface area contributed by atoms with Crippen LogP contribution in [0.4, 0.5) is 0 Å². The van der Waals surface area contributed by atoms with Crippen molar-refractivity contribution in [2.24, 2.45) is 0 Å². The molecule has 20 heavy (non-hydrogen) atoms. The molecule has 0 radical (unpaired) electrons. The zero-order chi connectivity index (χ0) is 14.1. The molecule has 2 unspecified atom stereocenters. The van der Waals surface area contributed by atoms with E-state index >= 15 is 0 Å². The summed E-state index contributed by atoms with van der Waals surface area (Å²) in [6.45, 7) is 1.99. The van der Waals surface area contributed by atoms with Crippen LogP contribution in [0.1, 0.15) is 35.1 Å². The zero-order valence-corrected chi connectivity index (χ0v) is 11.8. The van der Waals surface area contributed by atoms with Crippen LogP contribution in [0.25, 0.3) is 0 Å². The Hall–Kier alpha value is -2.01. The van der Waals surface area contributed by atoms with Gasteiger partial charge in [0.15, 0.2) is 0 Å². The third-order valence-electron chi connectivity index (χ3n) is 3.59. The lowest BCUT2D eigenvalue weighted by molar-refractivity contribution is -0.135. The maximum absolute atomic E-state index is 12.3. The van der Waals surface area contributed by atoms with Crippen molar-refractivity contribution in [1.82, 2.24) is 10.3 Å². The molecule has 1 saturated heterocycles. The van der Waals surface area contributed by atoms with Gasteiger partial charge in [-0.25, -0.2) is 4.98 Å². The number of hydrogen-bond acceptors (Lipinski definition) is 4. The predicted octanol–water partition coefficient (Wildman–Crippen LogP) is 2.37. The summed E-state index contributed by atoms with van der Waals surface area (Å²) in [5, 5.41) is 4.35. The highest BCUT2D eigenvalue weighted by atomic mass is 32.1. The number of carbonyl (C=O) groups is 2. The summed E-state index contributed by atoms with van der Waals surface area (Å²) in [6, 6.07) is 7.87. The van der Waals surface area contributed by atoms with Gasteiger partial charge in [0.25, 0.3) is 0 Å². The third kappa shape index (κ3) is 2.36. The fourth-order valence-electron chi connectivity index (χ4n) is 2.69. The van der Waals surface area contributed by atoms with Crippen LogP contribution in [0, 0.1) is 6.92 Å². The number of thiazole rings is 1. The molecule has 1 aromatic heterocycles. The number of nitrogens with one attached hydrogen (secondary N) is 1. The molecule has 0 bridgehead atoms. The van der Waals surface area contributed by atoms with E-state index < -0.39 is 0 Å². The van der Waals surface area contributed by atoms with E-state index in [1.165, 1.54) is 11.3 Å². The third-order valence-corrected chi connectivity index (χ3v) is 4.19. The Labute approximate surface area is 120 Å². The first-order chi connectivity index (χ1) is 9.65. The summed E-state index contributed by atoms with van der Waals surface area (Å²) >= 11 is 1.48. The minimum absolute atomic E-state index is 0.177. The Balaban J connectivity index is 2.04. The number of nitrogens with zero attached hydrogens (tertiary/aromatic N) is 1. The van der Waals surface area contributed by atoms with E-state index in [0.717, 1.165) is 16.8 Å². The number of rotatable bonds is 2. The van der Waals surface area contributed by atoms with E-state index in [4.69, 9.17) is 0 Å². The molecule has 1 fully saturated rings. The van der Waals surface area contributed by atoms with Crippen LogP contribution in [0.5, 0.6) is 0 Å². The van der Waals surface area contributed by atoms with Crippen LogP contribution in [0.2, 0.25) is 0 Å². The molecule has 0 aliphatic carbocycles. The van der Waals surface area contributed by atoms with E-state index in [1.54, 1.807) is 5.51 Å². The summed E-state index contributed by atoms with van der Waals surface area (Å²) in [5.74, 6) is -0.985. The zero-order valence-electron chi connectivity index (χ0n) is 11.0. The van der Waals surface area contributed by atoms with Gasteiger partial charge in [0.2, 0.25) is 11.8 Å². The highest BCUT2D eigenvalue weighted by Crippen LogP contribution is 2.38. The molecule has 102 valence electrons. The van der Waals surface area contributed by atoms with Crippen LogP contribution in [0.15, 0.2) is 35.2 Å². The fourth-order valence-corrected chi connectivity index (χ4v) is 3.31. The van der Waals surface area contributed by atoms with Gasteiger partial charge in [-0.2, -0.15) is 0 Å². The van der Waals surface area contributed by atoms with Gasteiger partial charge in [0.1, 0.15) is 0 Å². The first-order valence-corrected chi connectivity index (χ1v) is 7.38. The number of piperidine rings is 1. The van der Waals surface area contributed by atoms with Crippen LogP contribution in [-0.2, 0) is 9.59 Å². The lowest BCUT2D eigenvalue weighted by atomic mass is 9.78. The second-order valence-electron chi connectivity index (χ2n) is 5.03. The Kier molecular flexibility index (Phi) is 3.36. The molecule has 0 spiro atoms. The molecular weight excluding hydrogens is 272 g/mol. The lowest BCUT2D eigenvalue weighted by Crippen LogP contribution is -2.43. The van der Waals surface area contributed by atoms with Crippen molar-refractivity contribution >= 4 is 23.2 Å². The van der Waals surface area contributed by atoms with Gasteiger partial charge in [-0.15, -0.1) is 11.3 Å². The number of benzene rings is 1. The quantitative estimate of drug-likeness (QED) is 0.862. The number of aryl methyl sites for hydroxylation is 1. The first kappa shape index (κ1) is 13.0. The van der Waals surface area contributed by atoms with Gasteiger partial charge in [-0.3, -0.25) is 14.9 Å². The van der Waals surface area contributed by atoms with Crippen molar-refractivity contribution in [3.63, 3.8) is 0 Å². The van der Waals surface area contributed by atoms with Crippen molar-refractivity contribution in [3.05, 3.63) is 52.0 Å². The molecule has 5 heteroatoms. The van der Waals surface area contributed by atoms with Crippen molar-refractivity contribution in [2.75, 3.05) is 0 Å². The summed E-state index contributed by atoms with van der Waals surface area (Å²) in [7, 11) is 0. The summed E-state index contributed by atoms with van der Waals surface area (Å²) in [6.07, 6.45) is 0.300. The minimum atomic E-state index is -0.352. The summed E-state index contributed by atoms with van der Waals surface area (Å²) < 4.78 is 0. The summed E-state index contributed by atoms with van der Waals surface area (Å²) in [5.41, 5.74) is 4.60. The maximum Gasteiger partial charge on any atom is 0.234 e. The molecule has 1 aromatic carbocycles. The molecule has 1 N–H and O–H groups in total. The second-order valence-corrected chi connectivity index (χ2v) is 5.75.